The Kier molecular flexibility index (Phi) is 8.76. The van der Waals surface area contributed by atoms with E-state index >= 15 is 0 Å². The van der Waals surface area contributed by atoms with Crippen LogP contribution < -0.4 is 16.0 Å². The lowest BCUT2D eigenvalue weighted by Crippen LogP contribution is -2.37. The highest BCUT2D eigenvalue weighted by Gasteiger charge is 2.08. The lowest BCUT2D eigenvalue weighted by atomic mass is 10.1. The van der Waals surface area contributed by atoms with Gasteiger partial charge in [-0.05, 0) is 56.7 Å². The van der Waals surface area contributed by atoms with Gasteiger partial charge in [-0.15, -0.1) is 0 Å². The molecule has 0 bridgehead atoms. The largest absolute Gasteiger partial charge is 0.478 e. The number of benzene rings is 1. The Morgan fingerprint density at radius 2 is 1.50 bits per heavy atom. The van der Waals surface area contributed by atoms with Gasteiger partial charge >= 0.3 is 5.97 Å². The molecule has 0 aliphatic carbocycles. The molecule has 1 aromatic carbocycles. The topological polar surface area (TPSA) is 76.6 Å². The van der Waals surface area contributed by atoms with Crippen LogP contribution in [0.2, 0.25) is 0 Å². The highest BCUT2D eigenvalue weighted by atomic mass is 16.4. The van der Waals surface area contributed by atoms with Gasteiger partial charge in [-0.1, -0.05) is 12.1 Å². The molecule has 0 saturated carbocycles. The zero-order chi connectivity index (χ0) is 17.0. The molecule has 1 aromatic rings. The van der Waals surface area contributed by atoms with Gasteiger partial charge in [0.25, 0.3) is 0 Å². The van der Waals surface area contributed by atoms with E-state index in [1.54, 1.807) is 12.1 Å². The summed E-state index contributed by atoms with van der Waals surface area (Å²) in [4.78, 5) is 13.4. The molecular weight excluding hydrogens is 304 g/mol. The highest BCUT2D eigenvalue weighted by molar-refractivity contribution is 5.87. The van der Waals surface area contributed by atoms with Crippen molar-refractivity contribution < 1.29 is 9.90 Å². The molecule has 6 heteroatoms. The molecule has 4 N–H and O–H groups in total. The van der Waals surface area contributed by atoms with E-state index in [0.29, 0.717) is 5.56 Å². The molecule has 2 rings (SSSR count). The number of nitrogens with zero attached hydrogens (tertiary/aromatic N) is 1. The van der Waals surface area contributed by atoms with Gasteiger partial charge in [-0.2, -0.15) is 0 Å². The number of carbonyl (C=O) groups is 1. The van der Waals surface area contributed by atoms with Crippen molar-refractivity contribution in [1.29, 1.82) is 0 Å². The van der Waals surface area contributed by atoms with Gasteiger partial charge in [0.2, 0.25) is 0 Å². The van der Waals surface area contributed by atoms with Crippen molar-refractivity contribution in [1.82, 2.24) is 20.9 Å². The first-order valence-electron chi connectivity index (χ1n) is 8.92. The Balaban J connectivity index is 1.85. The average molecular weight is 334 g/mol. The van der Waals surface area contributed by atoms with Crippen molar-refractivity contribution >= 4 is 5.97 Å². The van der Waals surface area contributed by atoms with Crippen LogP contribution in [0.4, 0.5) is 0 Å². The van der Waals surface area contributed by atoms with Gasteiger partial charge in [-0.3, -0.25) is 4.90 Å². The van der Waals surface area contributed by atoms with Crippen LogP contribution in [0.1, 0.15) is 28.8 Å². The number of nitrogens with one attached hydrogen (secondary N) is 3. The fourth-order valence-electron chi connectivity index (χ4n) is 2.84. The van der Waals surface area contributed by atoms with Gasteiger partial charge in [0, 0.05) is 32.7 Å². The van der Waals surface area contributed by atoms with Crippen LogP contribution in [0.5, 0.6) is 0 Å². The van der Waals surface area contributed by atoms with E-state index in [-0.39, 0.29) is 0 Å². The van der Waals surface area contributed by atoms with Gasteiger partial charge in [0.05, 0.1) is 5.56 Å². The molecule has 0 unspecified atom stereocenters. The minimum absolute atomic E-state index is 0.345. The molecule has 1 aliphatic heterocycles. The van der Waals surface area contributed by atoms with Crippen molar-refractivity contribution in [2.45, 2.75) is 19.4 Å². The number of carboxylic acids is 1. The summed E-state index contributed by atoms with van der Waals surface area (Å²) in [6.45, 7) is 9.08. The zero-order valence-electron chi connectivity index (χ0n) is 14.4. The lowest BCUT2D eigenvalue weighted by molar-refractivity contribution is 0.0697. The van der Waals surface area contributed by atoms with E-state index < -0.39 is 5.97 Å². The van der Waals surface area contributed by atoms with Crippen LogP contribution in [0.25, 0.3) is 0 Å². The average Bonchev–Trinajstić information content (AvgIpc) is 2.58. The summed E-state index contributed by atoms with van der Waals surface area (Å²) < 4.78 is 0. The number of carboxylic acid groups (broad SMARTS) is 1. The van der Waals surface area contributed by atoms with E-state index in [0.717, 1.165) is 70.9 Å². The van der Waals surface area contributed by atoms with E-state index in [2.05, 4.69) is 20.9 Å². The SMILES string of the molecule is O=C(O)c1ccc(CN2CCCNCCCNCCNCC2)cc1. The normalized spacial score (nSPS) is 19.5. The molecule has 0 amide bonds. The maximum atomic E-state index is 10.9. The van der Waals surface area contributed by atoms with E-state index in [4.69, 9.17) is 5.11 Å². The summed E-state index contributed by atoms with van der Waals surface area (Å²) in [6.07, 6.45) is 2.29. The minimum Gasteiger partial charge on any atom is -0.478 e. The fourth-order valence-corrected chi connectivity index (χ4v) is 2.84. The summed E-state index contributed by atoms with van der Waals surface area (Å²) in [5.41, 5.74) is 1.51. The van der Waals surface area contributed by atoms with E-state index in [9.17, 15) is 4.79 Å². The monoisotopic (exact) mass is 334 g/mol. The van der Waals surface area contributed by atoms with Crippen molar-refractivity contribution in [2.75, 3.05) is 52.4 Å². The second kappa shape index (κ2) is 11.1. The van der Waals surface area contributed by atoms with Crippen LogP contribution in [0, 0.1) is 0 Å². The molecule has 24 heavy (non-hydrogen) atoms. The number of hydrogen-bond donors (Lipinski definition) is 4. The maximum absolute atomic E-state index is 10.9. The number of rotatable bonds is 3. The lowest BCUT2D eigenvalue weighted by Gasteiger charge is -2.23. The Hall–Kier alpha value is -1.47. The molecule has 1 heterocycles. The summed E-state index contributed by atoms with van der Waals surface area (Å²) in [6, 6.07) is 7.22. The van der Waals surface area contributed by atoms with E-state index in [1.807, 2.05) is 12.1 Å². The summed E-state index contributed by atoms with van der Waals surface area (Å²) in [5, 5.41) is 19.4. The van der Waals surface area contributed by atoms with Crippen LogP contribution in [-0.2, 0) is 6.54 Å². The van der Waals surface area contributed by atoms with Gasteiger partial charge in [0.15, 0.2) is 0 Å². The molecule has 0 radical (unpaired) electrons. The summed E-state index contributed by atoms with van der Waals surface area (Å²) >= 11 is 0. The smallest absolute Gasteiger partial charge is 0.335 e. The molecule has 134 valence electrons. The van der Waals surface area contributed by atoms with Crippen LogP contribution in [-0.4, -0.2) is 68.3 Å². The molecule has 0 aromatic heterocycles. The van der Waals surface area contributed by atoms with E-state index in [1.165, 1.54) is 6.42 Å². The first-order chi connectivity index (χ1) is 11.8. The highest BCUT2D eigenvalue weighted by Crippen LogP contribution is 2.08. The minimum atomic E-state index is -0.872. The predicted octanol–water partition coefficient (Wildman–Crippen LogP) is 0.749. The van der Waals surface area contributed by atoms with Crippen molar-refractivity contribution in [3.63, 3.8) is 0 Å². The Bertz CT molecular complexity index is 464. The van der Waals surface area contributed by atoms with Crippen LogP contribution in [0.15, 0.2) is 24.3 Å². The maximum Gasteiger partial charge on any atom is 0.335 e. The molecule has 0 spiro atoms. The van der Waals surface area contributed by atoms with Gasteiger partial charge < -0.3 is 21.1 Å². The Morgan fingerprint density at radius 3 is 2.21 bits per heavy atom. The predicted molar refractivity (Wildman–Crippen MR) is 96.5 cm³/mol. The van der Waals surface area contributed by atoms with Crippen LogP contribution in [0.3, 0.4) is 0 Å². The van der Waals surface area contributed by atoms with Crippen molar-refractivity contribution in [3.05, 3.63) is 35.4 Å². The first-order valence-corrected chi connectivity index (χ1v) is 8.92. The molecular formula is C18H30N4O2. The van der Waals surface area contributed by atoms with Crippen molar-refractivity contribution in [3.8, 4) is 0 Å². The quantitative estimate of drug-likeness (QED) is 0.654. The summed E-state index contributed by atoms with van der Waals surface area (Å²) in [7, 11) is 0. The third-order valence-electron chi connectivity index (χ3n) is 4.23. The second-order valence-corrected chi connectivity index (χ2v) is 6.24. The Labute approximate surface area is 144 Å². The third-order valence-corrected chi connectivity index (χ3v) is 4.23. The molecule has 6 nitrogen and oxygen atoms in total. The molecule has 1 fully saturated rings. The molecule has 1 saturated heterocycles. The Morgan fingerprint density at radius 1 is 0.875 bits per heavy atom. The number of aromatic carboxylic acids is 1. The van der Waals surface area contributed by atoms with Gasteiger partial charge in [-0.25, -0.2) is 4.79 Å². The van der Waals surface area contributed by atoms with Gasteiger partial charge in [0.1, 0.15) is 0 Å². The summed E-state index contributed by atoms with van der Waals surface area (Å²) in [5.74, 6) is -0.872. The first kappa shape index (κ1) is 18.9. The van der Waals surface area contributed by atoms with Crippen LogP contribution >= 0.6 is 0 Å². The fraction of sp³-hybridized carbons (Fsp3) is 0.611. The molecule has 1 aliphatic rings. The third kappa shape index (κ3) is 7.40. The molecule has 0 atom stereocenters. The second-order valence-electron chi connectivity index (χ2n) is 6.24. The zero-order valence-corrected chi connectivity index (χ0v) is 14.4. The van der Waals surface area contributed by atoms with Crippen molar-refractivity contribution in [2.24, 2.45) is 0 Å². The number of hydrogen-bond acceptors (Lipinski definition) is 5. The standard InChI is InChI=1S/C18H30N4O2/c23-18(24)17-5-3-16(4-6-17)15-22-13-2-9-19-7-1-8-20-10-11-21-12-14-22/h3-6,19-21H,1-2,7-15H2,(H,23,24).